The topological polar surface area (TPSA) is 70.0 Å². The Balaban J connectivity index is 2.32. The van der Waals surface area contributed by atoms with Crippen LogP contribution in [-0.4, -0.2) is 40.2 Å². The minimum absolute atomic E-state index is 0.113. The van der Waals surface area contributed by atoms with Crippen molar-refractivity contribution < 1.29 is 32.9 Å². The molecule has 0 bridgehead atoms. The van der Waals surface area contributed by atoms with Crippen molar-refractivity contribution in [1.82, 2.24) is 0 Å². The van der Waals surface area contributed by atoms with Crippen LogP contribution in [0.4, 0.5) is 23.7 Å². The number of ether oxygens (including phenoxy) is 1. The van der Waals surface area contributed by atoms with Gasteiger partial charge in [-0.15, -0.1) is 0 Å². The Morgan fingerprint density at radius 1 is 1.19 bits per heavy atom. The number of carbonyl (C=O) groups excluding carboxylic acids is 1. The number of aliphatic hydroxyl groups excluding tert-OH is 1. The summed E-state index contributed by atoms with van der Waals surface area (Å²) in [5.41, 5.74) is -3.63. The van der Waals surface area contributed by atoms with E-state index in [1.54, 1.807) is 51.1 Å². The van der Waals surface area contributed by atoms with Crippen LogP contribution in [0, 0.1) is 0 Å². The zero-order chi connectivity index (χ0) is 20.5. The highest BCUT2D eigenvalue weighted by Crippen LogP contribution is 2.42. The van der Waals surface area contributed by atoms with Gasteiger partial charge in [0, 0.05) is 12.1 Å². The van der Waals surface area contributed by atoms with Crippen molar-refractivity contribution in [2.75, 3.05) is 11.4 Å². The molecule has 0 fully saturated rings. The maximum Gasteiger partial charge on any atom is 0.424 e. The molecule has 0 radical (unpaired) electrons. The highest BCUT2D eigenvalue weighted by Gasteiger charge is 2.58. The van der Waals surface area contributed by atoms with Crippen molar-refractivity contribution in [3.63, 3.8) is 0 Å². The Labute approximate surface area is 155 Å². The van der Waals surface area contributed by atoms with Crippen LogP contribution in [0.3, 0.4) is 0 Å². The molecule has 0 spiro atoms. The predicted octanol–water partition coefficient (Wildman–Crippen LogP) is 4.49. The molecule has 0 heterocycles. The van der Waals surface area contributed by atoms with E-state index in [2.05, 4.69) is 0 Å². The lowest BCUT2D eigenvalue weighted by atomic mass is 9.87. The van der Waals surface area contributed by atoms with E-state index in [1.807, 2.05) is 0 Å². The van der Waals surface area contributed by atoms with Crippen LogP contribution in [0.5, 0.6) is 0 Å². The van der Waals surface area contributed by atoms with E-state index in [-0.39, 0.29) is 12.1 Å². The van der Waals surface area contributed by atoms with Gasteiger partial charge in [-0.2, -0.15) is 13.2 Å². The molecule has 2 rings (SSSR count). The van der Waals surface area contributed by atoms with E-state index in [9.17, 15) is 28.2 Å². The lowest BCUT2D eigenvalue weighted by Gasteiger charge is -2.34. The van der Waals surface area contributed by atoms with Crippen LogP contribution in [0.1, 0.15) is 27.2 Å². The summed E-state index contributed by atoms with van der Waals surface area (Å²) >= 11 is 0. The van der Waals surface area contributed by atoms with Crippen LogP contribution in [0.2, 0.25) is 0 Å². The van der Waals surface area contributed by atoms with E-state index in [0.29, 0.717) is 5.69 Å². The molecule has 0 saturated carbocycles. The summed E-state index contributed by atoms with van der Waals surface area (Å²) in [7, 11) is 0. The molecule has 1 atom stereocenters. The maximum atomic E-state index is 13.2. The van der Waals surface area contributed by atoms with Crippen molar-refractivity contribution in [3.05, 3.63) is 53.8 Å². The van der Waals surface area contributed by atoms with Crippen LogP contribution in [0.15, 0.2) is 53.8 Å². The second kappa shape index (κ2) is 7.26. The van der Waals surface area contributed by atoms with Gasteiger partial charge in [0.15, 0.2) is 0 Å². The zero-order valence-corrected chi connectivity index (χ0v) is 15.2. The van der Waals surface area contributed by atoms with Crippen LogP contribution < -0.4 is 4.90 Å². The standard InChI is InChI=1S/C19H22F3NO4/c1-17(2,3)27-16(25)23(14-7-5-4-6-8-14)12-13-9-10-15(24)18(26,11-13)19(20,21)22/h4-10,24,26H,11-12H2,1-3H3. The van der Waals surface area contributed by atoms with Crippen molar-refractivity contribution in [2.24, 2.45) is 0 Å². The van der Waals surface area contributed by atoms with Gasteiger partial charge in [-0.1, -0.05) is 24.3 Å². The average molecular weight is 385 g/mol. The molecule has 1 aliphatic carbocycles. The van der Waals surface area contributed by atoms with Gasteiger partial charge < -0.3 is 14.9 Å². The maximum absolute atomic E-state index is 13.2. The molecule has 5 nitrogen and oxygen atoms in total. The van der Waals surface area contributed by atoms with Gasteiger partial charge in [-0.25, -0.2) is 4.79 Å². The van der Waals surface area contributed by atoms with Crippen LogP contribution >= 0.6 is 0 Å². The summed E-state index contributed by atoms with van der Waals surface area (Å²) in [6.07, 6.45) is -4.62. The van der Waals surface area contributed by atoms with Crippen molar-refractivity contribution in [2.45, 2.75) is 44.6 Å². The third-order valence-electron chi connectivity index (χ3n) is 3.90. The molecule has 148 valence electrons. The quantitative estimate of drug-likeness (QED) is 0.804. The summed E-state index contributed by atoms with van der Waals surface area (Å²) in [5, 5.41) is 19.5. The van der Waals surface area contributed by atoms with Crippen molar-refractivity contribution in [3.8, 4) is 0 Å². The first kappa shape index (κ1) is 20.8. The monoisotopic (exact) mass is 385 g/mol. The number of nitrogens with zero attached hydrogens (tertiary/aromatic N) is 1. The van der Waals surface area contributed by atoms with E-state index in [1.165, 1.54) is 11.0 Å². The van der Waals surface area contributed by atoms with Gasteiger partial charge in [0.1, 0.15) is 11.4 Å². The normalized spacial score (nSPS) is 20.6. The number of para-hydroxylation sites is 1. The Kier molecular flexibility index (Phi) is 5.60. The molecule has 1 aromatic rings. The Bertz CT molecular complexity index is 750. The van der Waals surface area contributed by atoms with Crippen LogP contribution in [0.25, 0.3) is 0 Å². The average Bonchev–Trinajstić information content (AvgIpc) is 2.54. The molecule has 8 heteroatoms. The first-order valence-electron chi connectivity index (χ1n) is 8.27. The number of alkyl halides is 3. The Morgan fingerprint density at radius 3 is 2.30 bits per heavy atom. The molecular formula is C19H22F3NO4. The molecule has 0 aliphatic heterocycles. The van der Waals surface area contributed by atoms with Gasteiger partial charge in [0.2, 0.25) is 5.60 Å². The van der Waals surface area contributed by atoms with Crippen molar-refractivity contribution >= 4 is 11.8 Å². The van der Waals surface area contributed by atoms with E-state index >= 15 is 0 Å². The van der Waals surface area contributed by atoms with E-state index < -0.39 is 35.7 Å². The number of benzene rings is 1. The molecule has 27 heavy (non-hydrogen) atoms. The predicted molar refractivity (Wildman–Crippen MR) is 94.4 cm³/mol. The minimum atomic E-state index is -5.06. The number of hydrogen-bond acceptors (Lipinski definition) is 4. The summed E-state index contributed by atoms with van der Waals surface area (Å²) in [6, 6.07) is 8.34. The summed E-state index contributed by atoms with van der Waals surface area (Å²) in [6.45, 7) is 4.80. The molecule has 1 aromatic carbocycles. The molecular weight excluding hydrogens is 363 g/mol. The number of anilines is 1. The molecule has 0 aromatic heterocycles. The summed E-state index contributed by atoms with van der Waals surface area (Å²) < 4.78 is 45.0. The largest absolute Gasteiger partial charge is 0.509 e. The van der Waals surface area contributed by atoms with Crippen LogP contribution in [-0.2, 0) is 4.74 Å². The molecule has 1 amide bonds. The molecule has 1 unspecified atom stereocenters. The number of allylic oxidation sites excluding steroid dienone is 2. The fourth-order valence-electron chi connectivity index (χ4n) is 2.56. The third-order valence-corrected chi connectivity index (χ3v) is 3.90. The highest BCUT2D eigenvalue weighted by molar-refractivity contribution is 5.88. The lowest BCUT2D eigenvalue weighted by molar-refractivity contribution is -0.253. The number of aliphatic hydroxyl groups is 2. The number of halogens is 3. The fourth-order valence-corrected chi connectivity index (χ4v) is 2.56. The van der Waals surface area contributed by atoms with Gasteiger partial charge in [-0.3, -0.25) is 4.90 Å². The smallest absolute Gasteiger partial charge is 0.424 e. The molecule has 2 N–H and O–H groups in total. The summed E-state index contributed by atoms with van der Waals surface area (Å²) in [5.74, 6) is -1.18. The number of amides is 1. The fraction of sp³-hybridized carbons (Fsp3) is 0.421. The van der Waals surface area contributed by atoms with E-state index in [4.69, 9.17) is 4.74 Å². The second-order valence-electron chi connectivity index (χ2n) is 7.31. The van der Waals surface area contributed by atoms with Gasteiger partial charge in [0.05, 0.1) is 6.54 Å². The third kappa shape index (κ3) is 4.82. The summed E-state index contributed by atoms with van der Waals surface area (Å²) in [4.78, 5) is 13.8. The molecule has 0 saturated heterocycles. The van der Waals surface area contributed by atoms with Gasteiger partial charge in [0.25, 0.3) is 0 Å². The SMILES string of the molecule is CC(C)(C)OC(=O)N(CC1=CC=C(O)C(O)(C(F)(F)F)C1)c1ccccc1. The van der Waals surface area contributed by atoms with E-state index in [0.717, 1.165) is 6.08 Å². The van der Waals surface area contributed by atoms with Crippen molar-refractivity contribution in [1.29, 1.82) is 0 Å². The van der Waals surface area contributed by atoms with Gasteiger partial charge >= 0.3 is 12.3 Å². The number of hydrogen-bond donors (Lipinski definition) is 2. The highest BCUT2D eigenvalue weighted by atomic mass is 19.4. The first-order valence-corrected chi connectivity index (χ1v) is 8.27. The molecule has 1 aliphatic rings. The van der Waals surface area contributed by atoms with Gasteiger partial charge in [-0.05, 0) is 44.6 Å². The zero-order valence-electron chi connectivity index (χ0n) is 15.2. The minimum Gasteiger partial charge on any atom is -0.509 e. The Morgan fingerprint density at radius 2 is 1.78 bits per heavy atom. The second-order valence-corrected chi connectivity index (χ2v) is 7.31. The number of rotatable bonds is 3. The lowest BCUT2D eigenvalue weighted by Crippen LogP contribution is -2.49. The number of carbonyl (C=O) groups is 1. The Hall–Kier alpha value is -2.48. The first-order chi connectivity index (χ1) is 12.3.